The van der Waals surface area contributed by atoms with Gasteiger partial charge in [0.05, 0.1) is 12.1 Å². The third-order valence-corrected chi connectivity index (χ3v) is 5.33. The SMILES string of the molecule is COCC(=O)N1c2ncnn2[C@@H](c2ccc(Cl)cc2)C[C@@H]1c1ccc(C)cc1. The van der Waals surface area contributed by atoms with Crippen LogP contribution in [0.1, 0.15) is 35.2 Å². The molecular formula is C21H21ClN4O2. The van der Waals surface area contributed by atoms with Crippen molar-refractivity contribution in [2.45, 2.75) is 25.4 Å². The normalized spacial score (nSPS) is 18.8. The molecule has 1 aliphatic heterocycles. The zero-order valence-electron chi connectivity index (χ0n) is 15.7. The van der Waals surface area contributed by atoms with E-state index in [2.05, 4.69) is 34.3 Å². The van der Waals surface area contributed by atoms with Gasteiger partial charge in [0.25, 0.3) is 5.91 Å². The molecule has 6 nitrogen and oxygen atoms in total. The van der Waals surface area contributed by atoms with Crippen molar-refractivity contribution in [1.82, 2.24) is 14.8 Å². The monoisotopic (exact) mass is 396 g/mol. The van der Waals surface area contributed by atoms with Gasteiger partial charge in [0, 0.05) is 12.1 Å². The highest BCUT2D eigenvalue weighted by molar-refractivity contribution is 6.30. The molecule has 2 heterocycles. The maximum Gasteiger partial charge on any atom is 0.255 e. The number of benzene rings is 2. The maximum absolute atomic E-state index is 12.9. The highest BCUT2D eigenvalue weighted by Crippen LogP contribution is 2.42. The summed E-state index contributed by atoms with van der Waals surface area (Å²) in [4.78, 5) is 19.0. The number of anilines is 1. The smallest absolute Gasteiger partial charge is 0.255 e. The van der Waals surface area contributed by atoms with Crippen LogP contribution in [-0.2, 0) is 9.53 Å². The molecule has 7 heteroatoms. The van der Waals surface area contributed by atoms with Crippen LogP contribution in [0.5, 0.6) is 0 Å². The molecule has 144 valence electrons. The quantitative estimate of drug-likeness (QED) is 0.669. The molecule has 2 aromatic carbocycles. The van der Waals surface area contributed by atoms with Gasteiger partial charge in [0.15, 0.2) is 0 Å². The van der Waals surface area contributed by atoms with Crippen molar-refractivity contribution in [3.05, 3.63) is 76.6 Å². The number of rotatable bonds is 4. The number of nitrogens with zero attached hydrogens (tertiary/aromatic N) is 4. The van der Waals surface area contributed by atoms with Crippen molar-refractivity contribution in [2.24, 2.45) is 0 Å². The van der Waals surface area contributed by atoms with E-state index >= 15 is 0 Å². The van der Waals surface area contributed by atoms with Gasteiger partial charge in [-0.3, -0.25) is 9.69 Å². The fourth-order valence-corrected chi connectivity index (χ4v) is 3.83. The molecule has 1 amide bonds. The van der Waals surface area contributed by atoms with E-state index in [0.29, 0.717) is 17.4 Å². The van der Waals surface area contributed by atoms with Crippen LogP contribution in [0, 0.1) is 6.92 Å². The Morgan fingerprint density at radius 1 is 1.11 bits per heavy atom. The second-order valence-electron chi connectivity index (χ2n) is 6.93. The maximum atomic E-state index is 12.9. The Labute approximate surface area is 168 Å². The van der Waals surface area contributed by atoms with Crippen molar-refractivity contribution in [3.63, 3.8) is 0 Å². The predicted octanol–water partition coefficient (Wildman–Crippen LogP) is 3.95. The molecule has 0 unspecified atom stereocenters. The molecule has 4 rings (SSSR count). The largest absolute Gasteiger partial charge is 0.375 e. The predicted molar refractivity (Wildman–Crippen MR) is 108 cm³/mol. The summed E-state index contributed by atoms with van der Waals surface area (Å²) >= 11 is 6.07. The first-order valence-corrected chi connectivity index (χ1v) is 9.49. The van der Waals surface area contributed by atoms with Crippen LogP contribution in [0.25, 0.3) is 0 Å². The number of hydrogen-bond acceptors (Lipinski definition) is 4. The lowest BCUT2D eigenvalue weighted by Crippen LogP contribution is -2.44. The van der Waals surface area contributed by atoms with Gasteiger partial charge < -0.3 is 4.74 Å². The van der Waals surface area contributed by atoms with Crippen molar-refractivity contribution in [1.29, 1.82) is 0 Å². The van der Waals surface area contributed by atoms with Crippen molar-refractivity contribution < 1.29 is 9.53 Å². The molecule has 0 saturated heterocycles. The summed E-state index contributed by atoms with van der Waals surface area (Å²) in [5.41, 5.74) is 3.31. The Bertz CT molecular complexity index is 969. The zero-order chi connectivity index (χ0) is 19.7. The second-order valence-corrected chi connectivity index (χ2v) is 7.37. The molecule has 0 bridgehead atoms. The number of hydrogen-bond donors (Lipinski definition) is 0. The Kier molecular flexibility index (Phi) is 5.15. The molecule has 0 aliphatic carbocycles. The van der Waals surface area contributed by atoms with E-state index in [0.717, 1.165) is 11.1 Å². The Morgan fingerprint density at radius 2 is 1.75 bits per heavy atom. The number of fused-ring (bicyclic) bond motifs is 1. The van der Waals surface area contributed by atoms with E-state index < -0.39 is 0 Å². The lowest BCUT2D eigenvalue weighted by atomic mass is 9.91. The van der Waals surface area contributed by atoms with Crippen LogP contribution >= 0.6 is 11.6 Å². The van der Waals surface area contributed by atoms with E-state index in [-0.39, 0.29) is 24.6 Å². The number of carbonyl (C=O) groups is 1. The van der Waals surface area contributed by atoms with E-state index in [1.54, 1.807) is 4.90 Å². The number of aryl methyl sites for hydroxylation is 1. The van der Waals surface area contributed by atoms with Gasteiger partial charge in [-0.1, -0.05) is 53.6 Å². The van der Waals surface area contributed by atoms with Gasteiger partial charge in [0.1, 0.15) is 12.9 Å². The summed E-state index contributed by atoms with van der Waals surface area (Å²) in [7, 11) is 1.52. The average Bonchev–Trinajstić information content (AvgIpc) is 3.18. The number of ether oxygens (including phenoxy) is 1. The summed E-state index contributed by atoms with van der Waals surface area (Å²) in [6, 6.07) is 15.8. The van der Waals surface area contributed by atoms with Crippen molar-refractivity contribution in [3.8, 4) is 0 Å². The number of aromatic nitrogens is 3. The molecule has 0 fully saturated rings. The molecule has 1 aliphatic rings. The number of amides is 1. The van der Waals surface area contributed by atoms with Crippen LogP contribution in [0.4, 0.5) is 5.95 Å². The van der Waals surface area contributed by atoms with Gasteiger partial charge in [-0.05, 0) is 36.6 Å². The minimum atomic E-state index is -0.166. The number of methoxy groups -OCH3 is 1. The fourth-order valence-electron chi connectivity index (χ4n) is 3.71. The van der Waals surface area contributed by atoms with Crippen LogP contribution in [0.15, 0.2) is 54.9 Å². The minimum absolute atomic E-state index is 0.0131. The fraction of sp³-hybridized carbons (Fsp3) is 0.286. The molecule has 0 saturated carbocycles. The highest BCUT2D eigenvalue weighted by atomic mass is 35.5. The summed E-state index contributed by atoms with van der Waals surface area (Å²) in [6.45, 7) is 2.03. The zero-order valence-corrected chi connectivity index (χ0v) is 16.5. The Hall–Kier alpha value is -2.70. The summed E-state index contributed by atoms with van der Waals surface area (Å²) in [5, 5.41) is 5.10. The molecular weight excluding hydrogens is 376 g/mol. The molecule has 0 spiro atoms. The molecule has 28 heavy (non-hydrogen) atoms. The van der Waals surface area contributed by atoms with E-state index in [4.69, 9.17) is 16.3 Å². The topological polar surface area (TPSA) is 60.2 Å². The van der Waals surface area contributed by atoms with E-state index in [1.807, 2.05) is 35.9 Å². The minimum Gasteiger partial charge on any atom is -0.375 e. The third kappa shape index (κ3) is 3.41. The molecule has 1 aromatic heterocycles. The van der Waals surface area contributed by atoms with Crippen molar-refractivity contribution >= 4 is 23.5 Å². The average molecular weight is 397 g/mol. The van der Waals surface area contributed by atoms with Gasteiger partial charge in [-0.15, -0.1) is 0 Å². The molecule has 0 radical (unpaired) electrons. The van der Waals surface area contributed by atoms with Gasteiger partial charge in [-0.2, -0.15) is 10.1 Å². The van der Waals surface area contributed by atoms with Gasteiger partial charge in [-0.25, -0.2) is 4.68 Å². The second kappa shape index (κ2) is 7.73. The third-order valence-electron chi connectivity index (χ3n) is 5.08. The van der Waals surface area contributed by atoms with Crippen LogP contribution in [0.2, 0.25) is 5.02 Å². The number of halogens is 1. The first-order valence-electron chi connectivity index (χ1n) is 9.11. The molecule has 3 aromatic rings. The van der Waals surface area contributed by atoms with Gasteiger partial charge in [0.2, 0.25) is 5.95 Å². The van der Waals surface area contributed by atoms with Crippen LogP contribution < -0.4 is 4.90 Å². The Morgan fingerprint density at radius 3 is 2.43 bits per heavy atom. The molecule has 2 atom stereocenters. The lowest BCUT2D eigenvalue weighted by molar-refractivity contribution is -0.123. The highest BCUT2D eigenvalue weighted by Gasteiger charge is 2.39. The number of carbonyl (C=O) groups excluding carboxylic acids is 1. The van der Waals surface area contributed by atoms with Crippen LogP contribution in [-0.4, -0.2) is 34.4 Å². The summed E-state index contributed by atoms with van der Waals surface area (Å²) in [5.74, 6) is 0.385. The van der Waals surface area contributed by atoms with Crippen molar-refractivity contribution in [2.75, 3.05) is 18.6 Å². The summed E-state index contributed by atoms with van der Waals surface area (Å²) < 4.78 is 6.92. The van der Waals surface area contributed by atoms with Gasteiger partial charge >= 0.3 is 0 Å². The molecule has 0 N–H and O–H groups in total. The first-order chi connectivity index (χ1) is 13.6. The summed E-state index contributed by atoms with van der Waals surface area (Å²) in [6.07, 6.45) is 2.17. The van der Waals surface area contributed by atoms with Crippen LogP contribution in [0.3, 0.4) is 0 Å². The first kappa shape index (κ1) is 18.7. The van der Waals surface area contributed by atoms with E-state index in [1.165, 1.54) is 19.0 Å². The van der Waals surface area contributed by atoms with E-state index in [9.17, 15) is 4.79 Å². The standard InChI is InChI=1S/C21H21ClN4O2/c1-14-3-5-15(6-4-14)18-11-19(16-7-9-17(22)10-8-16)26-21(23-13-24-26)25(18)20(27)12-28-2/h3-10,13,18-19H,11-12H2,1-2H3/t18-,19-/m1/s1. The Balaban J connectivity index is 1.81. The lowest BCUT2D eigenvalue weighted by Gasteiger charge is -2.39.